The van der Waals surface area contributed by atoms with Crippen molar-refractivity contribution in [2.24, 2.45) is 0 Å². The van der Waals surface area contributed by atoms with E-state index in [0.29, 0.717) is 17.4 Å². The Bertz CT molecular complexity index is 533. The van der Waals surface area contributed by atoms with Gasteiger partial charge in [-0.1, -0.05) is 6.92 Å². The van der Waals surface area contributed by atoms with Gasteiger partial charge in [0.2, 0.25) is 5.91 Å². The van der Waals surface area contributed by atoms with Crippen LogP contribution in [0.1, 0.15) is 44.0 Å². The van der Waals surface area contributed by atoms with E-state index in [4.69, 9.17) is 4.42 Å². The van der Waals surface area contributed by atoms with Gasteiger partial charge in [-0.3, -0.25) is 9.59 Å². The molecule has 0 unspecified atom stereocenters. The van der Waals surface area contributed by atoms with E-state index in [2.05, 4.69) is 5.32 Å². The van der Waals surface area contributed by atoms with Crippen LogP contribution in [0.25, 0.3) is 0 Å². The van der Waals surface area contributed by atoms with E-state index in [9.17, 15) is 9.59 Å². The Kier molecular flexibility index (Phi) is 4.66. The molecule has 116 valence electrons. The SMILES string of the molecule is CCc1ccc(C(=O)N2CSC[C@H]2C(=O)NC(C)(C)C)o1. The molecular formula is C15H22N2O3S. The van der Waals surface area contributed by atoms with Crippen molar-refractivity contribution in [3.05, 3.63) is 23.7 Å². The van der Waals surface area contributed by atoms with E-state index in [0.717, 1.165) is 12.2 Å². The maximum Gasteiger partial charge on any atom is 0.290 e. The number of thioether (sulfide) groups is 1. The lowest BCUT2D eigenvalue weighted by Crippen LogP contribution is -2.52. The smallest absolute Gasteiger partial charge is 0.290 e. The van der Waals surface area contributed by atoms with Gasteiger partial charge in [-0.05, 0) is 32.9 Å². The van der Waals surface area contributed by atoms with E-state index in [-0.39, 0.29) is 17.4 Å². The number of rotatable bonds is 3. The summed E-state index contributed by atoms with van der Waals surface area (Å²) in [7, 11) is 0. The molecule has 1 aliphatic rings. The Morgan fingerprint density at radius 3 is 2.71 bits per heavy atom. The van der Waals surface area contributed by atoms with E-state index >= 15 is 0 Å². The van der Waals surface area contributed by atoms with E-state index in [1.54, 1.807) is 28.8 Å². The molecule has 1 aromatic rings. The Morgan fingerprint density at radius 2 is 2.14 bits per heavy atom. The second-order valence-electron chi connectivity index (χ2n) is 6.15. The summed E-state index contributed by atoms with van der Waals surface area (Å²) in [5.74, 6) is 1.90. The minimum absolute atomic E-state index is 0.108. The number of nitrogens with one attached hydrogen (secondary N) is 1. The number of hydrogen-bond acceptors (Lipinski definition) is 4. The van der Waals surface area contributed by atoms with Gasteiger partial charge in [0.1, 0.15) is 11.8 Å². The quantitative estimate of drug-likeness (QED) is 0.930. The highest BCUT2D eigenvalue weighted by Gasteiger charge is 2.37. The van der Waals surface area contributed by atoms with Gasteiger partial charge < -0.3 is 14.6 Å². The van der Waals surface area contributed by atoms with Crippen LogP contribution >= 0.6 is 11.8 Å². The number of hydrogen-bond donors (Lipinski definition) is 1. The van der Waals surface area contributed by atoms with Crippen LogP contribution in [0.4, 0.5) is 0 Å². The standard InChI is InChI=1S/C15H22N2O3S/c1-5-10-6-7-12(20-10)14(19)17-9-21-8-11(17)13(18)16-15(2,3)4/h6-7,11H,5,8-9H2,1-4H3,(H,16,18)/t11-/m0/s1. The molecule has 0 aliphatic carbocycles. The second kappa shape index (κ2) is 6.13. The first-order chi connectivity index (χ1) is 9.81. The van der Waals surface area contributed by atoms with Crippen LogP contribution in [0, 0.1) is 0 Å². The molecule has 0 saturated carbocycles. The van der Waals surface area contributed by atoms with Crippen LogP contribution in [0.15, 0.2) is 16.5 Å². The molecule has 1 saturated heterocycles. The van der Waals surface area contributed by atoms with E-state index < -0.39 is 6.04 Å². The minimum atomic E-state index is -0.433. The summed E-state index contributed by atoms with van der Waals surface area (Å²) < 4.78 is 5.50. The summed E-state index contributed by atoms with van der Waals surface area (Å²) in [4.78, 5) is 26.4. The maximum absolute atomic E-state index is 12.5. The van der Waals surface area contributed by atoms with Crippen molar-refractivity contribution >= 4 is 23.6 Å². The van der Waals surface area contributed by atoms with Gasteiger partial charge in [-0.15, -0.1) is 11.8 Å². The van der Waals surface area contributed by atoms with Gasteiger partial charge >= 0.3 is 0 Å². The molecule has 1 aliphatic heterocycles. The lowest BCUT2D eigenvalue weighted by Gasteiger charge is -2.27. The molecule has 1 fully saturated rings. The Hall–Kier alpha value is -1.43. The first-order valence-electron chi connectivity index (χ1n) is 7.11. The van der Waals surface area contributed by atoms with Crippen molar-refractivity contribution in [3.8, 4) is 0 Å². The van der Waals surface area contributed by atoms with Crippen LogP contribution < -0.4 is 5.32 Å². The molecule has 5 nitrogen and oxygen atoms in total. The fourth-order valence-electron chi connectivity index (χ4n) is 2.14. The Balaban J connectivity index is 2.11. The summed E-state index contributed by atoms with van der Waals surface area (Å²) in [6, 6.07) is 3.06. The van der Waals surface area contributed by atoms with Crippen molar-refractivity contribution in [1.82, 2.24) is 10.2 Å². The average molecular weight is 310 g/mol. The van der Waals surface area contributed by atoms with Crippen LogP contribution in [0.5, 0.6) is 0 Å². The first-order valence-corrected chi connectivity index (χ1v) is 8.26. The summed E-state index contributed by atoms with van der Waals surface area (Å²) >= 11 is 1.58. The zero-order valence-corrected chi connectivity index (χ0v) is 13.8. The van der Waals surface area contributed by atoms with Crippen LogP contribution in [0.3, 0.4) is 0 Å². The third-order valence-electron chi connectivity index (χ3n) is 3.16. The lowest BCUT2D eigenvalue weighted by atomic mass is 10.1. The molecular weight excluding hydrogens is 288 g/mol. The van der Waals surface area contributed by atoms with Crippen LogP contribution in [-0.4, -0.2) is 39.9 Å². The van der Waals surface area contributed by atoms with E-state index in [1.165, 1.54) is 0 Å². The third-order valence-corrected chi connectivity index (χ3v) is 4.18. The van der Waals surface area contributed by atoms with Gasteiger partial charge in [0, 0.05) is 17.7 Å². The highest BCUT2D eigenvalue weighted by Crippen LogP contribution is 2.24. The van der Waals surface area contributed by atoms with Gasteiger partial charge in [0.25, 0.3) is 5.91 Å². The molecule has 0 spiro atoms. The monoisotopic (exact) mass is 310 g/mol. The van der Waals surface area contributed by atoms with Gasteiger partial charge in [-0.2, -0.15) is 0 Å². The fourth-order valence-corrected chi connectivity index (χ4v) is 3.29. The average Bonchev–Trinajstić information content (AvgIpc) is 3.05. The van der Waals surface area contributed by atoms with Crippen LogP contribution in [0.2, 0.25) is 0 Å². The number of carbonyl (C=O) groups is 2. The summed E-state index contributed by atoms with van der Waals surface area (Å²) in [6.45, 7) is 7.76. The molecule has 2 amide bonds. The number of amides is 2. The second-order valence-corrected chi connectivity index (χ2v) is 7.15. The Morgan fingerprint density at radius 1 is 1.43 bits per heavy atom. The number of nitrogens with zero attached hydrogens (tertiary/aromatic N) is 1. The molecule has 6 heteroatoms. The summed E-state index contributed by atoms with van der Waals surface area (Å²) in [6.07, 6.45) is 0.746. The largest absolute Gasteiger partial charge is 0.456 e. The van der Waals surface area contributed by atoms with Crippen molar-refractivity contribution in [1.29, 1.82) is 0 Å². The fraction of sp³-hybridized carbons (Fsp3) is 0.600. The molecule has 2 heterocycles. The molecule has 1 aromatic heterocycles. The zero-order chi connectivity index (χ0) is 15.6. The van der Waals surface area contributed by atoms with Gasteiger partial charge in [0.15, 0.2) is 5.76 Å². The normalized spacial score (nSPS) is 18.9. The topological polar surface area (TPSA) is 62.6 Å². The lowest BCUT2D eigenvalue weighted by molar-refractivity contribution is -0.125. The molecule has 0 bridgehead atoms. The molecule has 0 aromatic carbocycles. The van der Waals surface area contributed by atoms with Crippen molar-refractivity contribution in [2.75, 3.05) is 11.6 Å². The molecule has 2 rings (SSSR count). The molecule has 1 N–H and O–H groups in total. The number of aryl methyl sites for hydroxylation is 1. The highest BCUT2D eigenvalue weighted by molar-refractivity contribution is 7.99. The molecule has 0 radical (unpaired) electrons. The molecule has 21 heavy (non-hydrogen) atoms. The zero-order valence-electron chi connectivity index (χ0n) is 12.9. The molecule has 1 atom stereocenters. The predicted octanol–water partition coefficient (Wildman–Crippen LogP) is 2.27. The van der Waals surface area contributed by atoms with Gasteiger partial charge in [-0.25, -0.2) is 0 Å². The number of carbonyl (C=O) groups excluding carboxylic acids is 2. The third kappa shape index (κ3) is 3.81. The Labute approximate surface area is 129 Å². The number of furan rings is 1. The van der Waals surface area contributed by atoms with Gasteiger partial charge in [0.05, 0.1) is 5.88 Å². The van der Waals surface area contributed by atoms with E-state index in [1.807, 2.05) is 27.7 Å². The van der Waals surface area contributed by atoms with Crippen molar-refractivity contribution < 1.29 is 14.0 Å². The van der Waals surface area contributed by atoms with Crippen LogP contribution in [-0.2, 0) is 11.2 Å². The minimum Gasteiger partial charge on any atom is -0.456 e. The predicted molar refractivity (Wildman–Crippen MR) is 83.3 cm³/mol. The highest BCUT2D eigenvalue weighted by atomic mass is 32.2. The van der Waals surface area contributed by atoms with Crippen molar-refractivity contribution in [2.45, 2.75) is 45.7 Å². The first kappa shape index (κ1) is 15.9. The summed E-state index contributed by atoms with van der Waals surface area (Å²) in [5.41, 5.74) is -0.306. The van der Waals surface area contributed by atoms with Crippen molar-refractivity contribution in [3.63, 3.8) is 0 Å². The summed E-state index contributed by atoms with van der Waals surface area (Å²) in [5, 5.41) is 2.94. The maximum atomic E-state index is 12.5.